The maximum atomic E-state index is 10.9. The summed E-state index contributed by atoms with van der Waals surface area (Å²) in [5, 5.41) is 10.7. The lowest BCUT2D eigenvalue weighted by Crippen LogP contribution is -3.00. The Bertz CT molecular complexity index is 1380. The standard InChI is InChI=1S/C8H8O2.C8H10OS.C8H8O.C3H9N.C3H8O3S.2C3H8.2C2H4O.5C2H6.2CH4.ClH/c1-6-4-2-3-5-7(6)8(9)10;1-7-3-5-8(6-4-7)10(2)9;1-7(9)8-5-3-2-4-6-8;1-3-4-2;1-2-3-7(4,5)6;2*1-3-2;2*1-2-3;5*1-2;;;/h2-5H,1H3,(H,9,10);3-6H,1-2H3;2-6H,1H3;4H,3H2,1-2H3;2-3H2,1H3,(H,4,5,6);2*3H2,1-2H3;2*2H,1H3;5*1-2H3;2*1H4;1H. The SMILES string of the molecule is C.C.CC.CC.CC.CC.CC.CC(=O)c1ccccc1.CC=O.CC=O.CCC.CCC.CCCS(=O)(=O)O.CC[NH2+]C.Cc1ccc(S(C)=O)cc1.Cc1ccccc1C(=O)O.[Cl-]. The average Bonchev–Trinajstić information content (AvgIpc) is 3.26. The van der Waals surface area contributed by atoms with Crippen molar-refractivity contribution in [3.63, 3.8) is 0 Å². The molecule has 1 atom stereocenters. The zero-order valence-electron chi connectivity index (χ0n) is 44.2. The van der Waals surface area contributed by atoms with Gasteiger partial charge in [0.15, 0.2) is 5.78 Å². The molecule has 13 heteroatoms. The molecule has 65 heavy (non-hydrogen) atoms. The predicted octanol–water partition coefficient (Wildman–Crippen LogP) is 11.4. The third-order valence-electron chi connectivity index (χ3n) is 4.78. The highest BCUT2D eigenvalue weighted by molar-refractivity contribution is 7.85. The first-order valence-corrected chi connectivity index (χ1v) is 25.3. The Balaban J connectivity index is -0.0000000376. The molecular formula is C52H106ClNO9S2. The number of Topliss-reactive ketones (excluding diaryl/α,β-unsaturated/α-hetero) is 1. The number of quaternary nitrogens is 1. The summed E-state index contributed by atoms with van der Waals surface area (Å²) in [6, 6.07) is 23.9. The van der Waals surface area contributed by atoms with Gasteiger partial charge in [-0.1, -0.05) is 198 Å². The van der Waals surface area contributed by atoms with Crippen LogP contribution in [-0.4, -0.2) is 72.2 Å². The molecule has 0 saturated carbocycles. The van der Waals surface area contributed by atoms with E-state index in [-0.39, 0.29) is 38.8 Å². The van der Waals surface area contributed by atoms with Crippen LogP contribution in [0, 0.1) is 13.8 Å². The van der Waals surface area contributed by atoms with Gasteiger partial charge in [-0.25, -0.2) is 4.79 Å². The molecule has 0 saturated heterocycles. The van der Waals surface area contributed by atoms with Gasteiger partial charge >= 0.3 is 5.97 Å². The van der Waals surface area contributed by atoms with Crippen LogP contribution in [0.25, 0.3) is 0 Å². The summed E-state index contributed by atoms with van der Waals surface area (Å²) in [4.78, 5) is 39.6. The molecular weight excluding hydrogens is 882 g/mol. The van der Waals surface area contributed by atoms with Crippen LogP contribution in [0.4, 0.5) is 0 Å². The number of nitrogens with two attached hydrogens (primary N) is 1. The van der Waals surface area contributed by atoms with Crippen molar-refractivity contribution in [1.29, 1.82) is 0 Å². The molecule has 0 aromatic heterocycles. The van der Waals surface area contributed by atoms with Crippen LogP contribution < -0.4 is 17.7 Å². The largest absolute Gasteiger partial charge is 1.00 e. The minimum atomic E-state index is -3.67. The first-order chi connectivity index (χ1) is 29.3. The Hall–Kier alpha value is -3.55. The monoisotopic (exact) mass is 988 g/mol. The molecule has 0 fully saturated rings. The normalized spacial score (nSPS) is 7.82. The van der Waals surface area contributed by atoms with Crippen molar-refractivity contribution in [3.05, 3.63) is 101 Å². The molecule has 4 N–H and O–H groups in total. The number of aldehydes is 2. The zero-order valence-corrected chi connectivity index (χ0v) is 46.6. The second-order valence-electron chi connectivity index (χ2n) is 10.3. The van der Waals surface area contributed by atoms with Crippen molar-refractivity contribution in [1.82, 2.24) is 0 Å². The quantitative estimate of drug-likeness (QED) is 0.123. The number of benzene rings is 3. The predicted molar refractivity (Wildman–Crippen MR) is 289 cm³/mol. The van der Waals surface area contributed by atoms with Crippen molar-refractivity contribution in [2.24, 2.45) is 0 Å². The van der Waals surface area contributed by atoms with Gasteiger partial charge < -0.3 is 32.4 Å². The van der Waals surface area contributed by atoms with Gasteiger partial charge in [0.05, 0.1) is 24.9 Å². The molecule has 1 unspecified atom stereocenters. The number of carboxylic acid groups (broad SMARTS) is 1. The summed E-state index contributed by atoms with van der Waals surface area (Å²) in [6.07, 6.45) is 6.16. The minimum absolute atomic E-state index is 0. The van der Waals surface area contributed by atoms with E-state index in [1.54, 1.807) is 45.2 Å². The lowest BCUT2D eigenvalue weighted by atomic mass is 10.1. The number of halogens is 1. The number of ketones is 1. The van der Waals surface area contributed by atoms with Crippen LogP contribution in [0.2, 0.25) is 0 Å². The van der Waals surface area contributed by atoms with Gasteiger partial charge in [0.1, 0.15) is 12.6 Å². The van der Waals surface area contributed by atoms with Crippen molar-refractivity contribution >= 4 is 45.2 Å². The number of aromatic carboxylic acids is 1. The molecule has 0 amide bonds. The van der Waals surface area contributed by atoms with Crippen molar-refractivity contribution in [3.8, 4) is 0 Å². The van der Waals surface area contributed by atoms with Gasteiger partial charge in [-0.2, -0.15) is 8.42 Å². The zero-order chi connectivity index (χ0) is 52.0. The number of aryl methyl sites for hydroxylation is 2. The lowest BCUT2D eigenvalue weighted by Gasteiger charge is -1.96. The molecule has 10 nitrogen and oxygen atoms in total. The lowest BCUT2D eigenvalue weighted by molar-refractivity contribution is -0.623. The van der Waals surface area contributed by atoms with Gasteiger partial charge in [0.25, 0.3) is 10.1 Å². The molecule has 0 heterocycles. The number of hydrogen-bond acceptors (Lipinski definition) is 7. The van der Waals surface area contributed by atoms with E-state index in [1.165, 1.54) is 38.8 Å². The summed E-state index contributed by atoms with van der Waals surface area (Å²) in [5.41, 5.74) is 3.16. The van der Waals surface area contributed by atoms with Crippen LogP contribution in [0.1, 0.15) is 198 Å². The number of rotatable bonds is 6. The van der Waals surface area contributed by atoms with Crippen molar-refractivity contribution in [2.75, 3.05) is 25.6 Å². The highest BCUT2D eigenvalue weighted by atomic mass is 35.5. The fraction of sp³-hybridized carbons (Fsp3) is 0.577. The van der Waals surface area contributed by atoms with Crippen LogP contribution in [0.15, 0.2) is 83.8 Å². The second-order valence-corrected chi connectivity index (χ2v) is 13.2. The van der Waals surface area contributed by atoms with E-state index in [0.29, 0.717) is 12.0 Å². The van der Waals surface area contributed by atoms with E-state index < -0.39 is 26.9 Å². The van der Waals surface area contributed by atoms with E-state index in [0.717, 1.165) is 28.6 Å². The summed E-state index contributed by atoms with van der Waals surface area (Å²) in [7, 11) is -2.46. The molecule has 0 radical (unpaired) electrons. The molecule has 392 valence electrons. The third-order valence-corrected chi connectivity index (χ3v) is 6.64. The molecule has 0 aliphatic heterocycles. The molecule has 3 rings (SSSR count). The highest BCUT2D eigenvalue weighted by Gasteiger charge is 2.03. The van der Waals surface area contributed by atoms with Crippen molar-refractivity contribution < 1.29 is 59.2 Å². The first-order valence-electron chi connectivity index (χ1n) is 22.1. The maximum absolute atomic E-state index is 10.9. The molecule has 3 aromatic rings. The van der Waals surface area contributed by atoms with E-state index in [4.69, 9.17) is 19.2 Å². The van der Waals surface area contributed by atoms with Crippen LogP contribution >= 0.6 is 0 Å². The van der Waals surface area contributed by atoms with Crippen LogP contribution in [0.5, 0.6) is 0 Å². The van der Waals surface area contributed by atoms with Gasteiger partial charge in [-0.15, -0.1) is 0 Å². The summed E-state index contributed by atoms with van der Waals surface area (Å²) in [6.45, 7) is 41.8. The van der Waals surface area contributed by atoms with Gasteiger partial charge in [0, 0.05) is 27.5 Å². The second kappa shape index (κ2) is 94.9. The topological polar surface area (TPSA) is 177 Å². The van der Waals surface area contributed by atoms with Gasteiger partial charge in [-0.05, 0) is 71.7 Å². The van der Waals surface area contributed by atoms with E-state index >= 15 is 0 Å². The Morgan fingerprint density at radius 1 is 0.662 bits per heavy atom. The Labute approximate surface area is 413 Å². The van der Waals surface area contributed by atoms with Crippen LogP contribution in [-0.2, 0) is 30.5 Å². The Morgan fingerprint density at radius 2 is 0.954 bits per heavy atom. The summed E-state index contributed by atoms with van der Waals surface area (Å²) >= 11 is 0. The van der Waals surface area contributed by atoms with Crippen LogP contribution in [0.3, 0.4) is 0 Å². The molecule has 3 aromatic carbocycles. The summed E-state index contributed by atoms with van der Waals surface area (Å²) < 4.78 is 38.4. The average molecular weight is 989 g/mol. The van der Waals surface area contributed by atoms with E-state index in [9.17, 15) is 22.2 Å². The van der Waals surface area contributed by atoms with Gasteiger partial charge in [0.2, 0.25) is 0 Å². The number of carbonyl (C=O) groups excluding carboxylic acids is 3. The van der Waals surface area contributed by atoms with E-state index in [2.05, 4.69) is 47.0 Å². The number of carbonyl (C=O) groups is 4. The molecule has 0 aliphatic rings. The smallest absolute Gasteiger partial charge is 0.335 e. The highest BCUT2D eigenvalue weighted by Crippen LogP contribution is 2.06. The van der Waals surface area contributed by atoms with Gasteiger partial charge in [-0.3, -0.25) is 13.6 Å². The molecule has 0 bridgehead atoms. The Kier molecular flexibility index (Phi) is 146. The number of carboxylic acids is 1. The van der Waals surface area contributed by atoms with E-state index in [1.807, 2.05) is 137 Å². The molecule has 0 aliphatic carbocycles. The summed E-state index contributed by atoms with van der Waals surface area (Å²) in [5.74, 6) is -0.874. The molecule has 0 spiro atoms. The van der Waals surface area contributed by atoms with Crippen molar-refractivity contribution in [2.45, 2.75) is 184 Å². The first kappa shape index (κ1) is 99.7. The maximum Gasteiger partial charge on any atom is 0.335 e. The fourth-order valence-corrected chi connectivity index (χ4v) is 3.51. The Morgan fingerprint density at radius 3 is 1.12 bits per heavy atom. The fourth-order valence-electron chi connectivity index (χ4n) is 2.47. The minimum Gasteiger partial charge on any atom is -1.00 e. The number of hydrogen-bond donors (Lipinski definition) is 3. The third kappa shape index (κ3) is 115.